The number of para-hydroxylation sites is 1. The van der Waals surface area contributed by atoms with Gasteiger partial charge in [0.2, 0.25) is 9.84 Å². The van der Waals surface area contributed by atoms with E-state index in [-0.39, 0.29) is 15.0 Å². The number of benzene rings is 2. The molecule has 0 saturated carbocycles. The Balaban J connectivity index is 1.46. The Morgan fingerprint density at radius 2 is 1.39 bits per heavy atom. The molecule has 1 saturated heterocycles. The number of hydrogen-bond donors (Lipinski definition) is 0. The average molecular weight is 413 g/mol. The Labute approximate surface area is 168 Å². The highest BCUT2D eigenvalue weighted by Crippen LogP contribution is 2.29. The summed E-state index contributed by atoms with van der Waals surface area (Å²) in [5, 5.41) is 0. The van der Waals surface area contributed by atoms with Gasteiger partial charge in [-0.05, 0) is 36.4 Å². The number of hydrogen-bond acceptors (Lipinski definition) is 5. The van der Waals surface area contributed by atoms with Crippen LogP contribution in [-0.4, -0.2) is 45.4 Å². The summed E-state index contributed by atoms with van der Waals surface area (Å²) in [6.45, 7) is 2.76. The first kappa shape index (κ1) is 18.7. The van der Waals surface area contributed by atoms with Gasteiger partial charge in [-0.2, -0.15) is 0 Å². The number of piperazine rings is 1. The van der Waals surface area contributed by atoms with E-state index in [1.54, 1.807) is 41.3 Å². The Kier molecular flexibility index (Phi) is 5.19. The third-order valence-corrected chi connectivity index (χ3v) is 8.13. The Hall–Kier alpha value is -2.64. The highest BCUT2D eigenvalue weighted by atomic mass is 32.2. The number of amides is 1. The highest BCUT2D eigenvalue weighted by molar-refractivity contribution is 7.93. The van der Waals surface area contributed by atoms with Gasteiger partial charge in [-0.15, -0.1) is 11.3 Å². The molecule has 0 N–H and O–H groups in total. The summed E-state index contributed by atoms with van der Waals surface area (Å²) in [6.07, 6.45) is 0. The quantitative estimate of drug-likeness (QED) is 0.658. The van der Waals surface area contributed by atoms with Crippen molar-refractivity contribution in [1.82, 2.24) is 4.90 Å². The molecule has 0 radical (unpaired) electrons. The molecule has 1 fully saturated rings. The second kappa shape index (κ2) is 7.77. The van der Waals surface area contributed by atoms with Crippen molar-refractivity contribution in [1.29, 1.82) is 0 Å². The molecule has 144 valence electrons. The van der Waals surface area contributed by atoms with E-state index in [4.69, 9.17) is 0 Å². The zero-order valence-corrected chi connectivity index (χ0v) is 16.8. The number of carbonyl (C=O) groups excluding carboxylic acids is 1. The highest BCUT2D eigenvalue weighted by Gasteiger charge is 2.26. The maximum atomic E-state index is 12.8. The van der Waals surface area contributed by atoms with Crippen molar-refractivity contribution in [2.45, 2.75) is 9.10 Å². The molecule has 0 aliphatic carbocycles. The van der Waals surface area contributed by atoms with Crippen LogP contribution in [0.1, 0.15) is 9.67 Å². The van der Waals surface area contributed by atoms with E-state index in [0.717, 1.165) is 30.1 Å². The van der Waals surface area contributed by atoms with Crippen LogP contribution in [0.15, 0.2) is 81.9 Å². The largest absolute Gasteiger partial charge is 0.368 e. The maximum absolute atomic E-state index is 12.8. The Morgan fingerprint density at radius 3 is 2.04 bits per heavy atom. The molecule has 28 heavy (non-hydrogen) atoms. The van der Waals surface area contributed by atoms with Gasteiger partial charge in [0.25, 0.3) is 5.91 Å². The van der Waals surface area contributed by atoms with Crippen molar-refractivity contribution >= 4 is 32.8 Å². The van der Waals surface area contributed by atoms with Gasteiger partial charge in [0.15, 0.2) is 0 Å². The molecule has 1 aliphatic rings. The first-order valence-corrected chi connectivity index (χ1v) is 11.3. The minimum Gasteiger partial charge on any atom is -0.368 e. The number of rotatable bonds is 4. The normalized spacial score (nSPS) is 14.9. The molecule has 1 aromatic heterocycles. The second-order valence-electron chi connectivity index (χ2n) is 6.55. The Morgan fingerprint density at radius 1 is 0.786 bits per heavy atom. The zero-order chi connectivity index (χ0) is 19.6. The molecule has 2 heterocycles. The minimum absolute atomic E-state index is 0.104. The molecular formula is C21H20N2O3S2. The predicted octanol–water partition coefficient (Wildman–Crippen LogP) is 3.54. The van der Waals surface area contributed by atoms with Crippen LogP contribution >= 0.6 is 11.3 Å². The molecular weight excluding hydrogens is 392 g/mol. The summed E-state index contributed by atoms with van der Waals surface area (Å²) >= 11 is 1.04. The number of thiophene rings is 1. The molecule has 7 heteroatoms. The second-order valence-corrected chi connectivity index (χ2v) is 9.81. The summed E-state index contributed by atoms with van der Waals surface area (Å²) in [5.41, 5.74) is 1.15. The summed E-state index contributed by atoms with van der Waals surface area (Å²) in [7, 11) is -3.59. The lowest BCUT2D eigenvalue weighted by molar-refractivity contribution is 0.0751. The van der Waals surface area contributed by atoms with Crippen molar-refractivity contribution < 1.29 is 13.2 Å². The molecule has 5 nitrogen and oxygen atoms in total. The van der Waals surface area contributed by atoms with Crippen molar-refractivity contribution in [3.05, 3.63) is 77.7 Å². The fourth-order valence-electron chi connectivity index (χ4n) is 3.26. The van der Waals surface area contributed by atoms with E-state index in [9.17, 15) is 13.2 Å². The van der Waals surface area contributed by atoms with Gasteiger partial charge in [0, 0.05) is 31.9 Å². The number of nitrogens with zero attached hydrogens (tertiary/aromatic N) is 2. The SMILES string of the molecule is O=C(c1ccc(S(=O)(=O)c2ccccc2)s1)N1CCN(c2ccccc2)CC1. The third-order valence-electron chi connectivity index (χ3n) is 4.80. The average Bonchev–Trinajstić information content (AvgIpc) is 3.26. The standard InChI is InChI=1S/C21H20N2O3S2/c24-21(23-15-13-22(14-16-23)17-7-3-1-4-8-17)19-11-12-20(27-19)28(25,26)18-9-5-2-6-10-18/h1-12H,13-16H2. The maximum Gasteiger partial charge on any atom is 0.264 e. The van der Waals surface area contributed by atoms with Gasteiger partial charge in [0.05, 0.1) is 9.77 Å². The zero-order valence-electron chi connectivity index (χ0n) is 15.2. The molecule has 0 spiro atoms. The van der Waals surface area contributed by atoms with Gasteiger partial charge < -0.3 is 9.80 Å². The van der Waals surface area contributed by atoms with Crippen molar-refractivity contribution in [3.8, 4) is 0 Å². The predicted molar refractivity (Wildman–Crippen MR) is 111 cm³/mol. The first-order chi connectivity index (χ1) is 13.6. The summed E-state index contributed by atoms with van der Waals surface area (Å²) in [4.78, 5) is 17.6. The Bertz CT molecular complexity index is 1060. The monoisotopic (exact) mass is 412 g/mol. The number of carbonyl (C=O) groups is 1. The summed E-state index contributed by atoms with van der Waals surface area (Å²) in [6, 6.07) is 21.6. The van der Waals surface area contributed by atoms with E-state index in [1.165, 1.54) is 6.07 Å². The topological polar surface area (TPSA) is 57.7 Å². The fraction of sp³-hybridized carbons (Fsp3) is 0.190. The molecule has 0 bridgehead atoms. The van der Waals surface area contributed by atoms with Crippen molar-refractivity contribution in [2.24, 2.45) is 0 Å². The van der Waals surface area contributed by atoms with Crippen LogP contribution < -0.4 is 4.90 Å². The van der Waals surface area contributed by atoms with Crippen LogP contribution in [-0.2, 0) is 9.84 Å². The summed E-state index contributed by atoms with van der Waals surface area (Å²) < 4.78 is 25.6. The molecule has 2 aromatic carbocycles. The molecule has 1 aliphatic heterocycles. The molecule has 3 aromatic rings. The van der Waals surface area contributed by atoms with Crippen LogP contribution in [0.2, 0.25) is 0 Å². The van der Waals surface area contributed by atoms with Crippen LogP contribution in [0, 0.1) is 0 Å². The van der Waals surface area contributed by atoms with E-state index < -0.39 is 9.84 Å². The fourth-order valence-corrected chi connectivity index (χ4v) is 5.95. The third kappa shape index (κ3) is 3.68. The lowest BCUT2D eigenvalue weighted by Crippen LogP contribution is -2.48. The van der Waals surface area contributed by atoms with E-state index in [1.807, 2.05) is 18.2 Å². The summed E-state index contributed by atoms with van der Waals surface area (Å²) in [5.74, 6) is -0.104. The number of anilines is 1. The van der Waals surface area contributed by atoms with Gasteiger partial charge in [-0.1, -0.05) is 36.4 Å². The smallest absolute Gasteiger partial charge is 0.264 e. The van der Waals surface area contributed by atoms with Gasteiger partial charge in [-0.25, -0.2) is 8.42 Å². The molecule has 0 unspecified atom stereocenters. The van der Waals surface area contributed by atoms with Crippen LogP contribution in [0.5, 0.6) is 0 Å². The molecule has 4 rings (SSSR count). The first-order valence-electron chi connectivity index (χ1n) is 9.05. The van der Waals surface area contributed by atoms with E-state index in [2.05, 4.69) is 17.0 Å². The minimum atomic E-state index is -3.59. The van der Waals surface area contributed by atoms with Crippen LogP contribution in [0.25, 0.3) is 0 Å². The number of sulfone groups is 1. The lowest BCUT2D eigenvalue weighted by Gasteiger charge is -2.35. The van der Waals surface area contributed by atoms with Gasteiger partial charge in [-0.3, -0.25) is 4.79 Å². The van der Waals surface area contributed by atoms with Crippen LogP contribution in [0.4, 0.5) is 5.69 Å². The van der Waals surface area contributed by atoms with Crippen LogP contribution in [0.3, 0.4) is 0 Å². The van der Waals surface area contributed by atoms with Gasteiger partial charge >= 0.3 is 0 Å². The molecule has 0 atom stereocenters. The van der Waals surface area contributed by atoms with E-state index >= 15 is 0 Å². The molecule has 1 amide bonds. The van der Waals surface area contributed by atoms with E-state index in [0.29, 0.717) is 18.0 Å². The van der Waals surface area contributed by atoms with Crippen molar-refractivity contribution in [3.63, 3.8) is 0 Å². The van der Waals surface area contributed by atoms with Crippen molar-refractivity contribution in [2.75, 3.05) is 31.1 Å². The lowest BCUT2D eigenvalue weighted by atomic mass is 10.2. The van der Waals surface area contributed by atoms with Gasteiger partial charge in [0.1, 0.15) is 4.21 Å².